The lowest BCUT2D eigenvalue weighted by Crippen LogP contribution is -2.40. The van der Waals surface area contributed by atoms with Gasteiger partial charge in [0, 0.05) is 6.04 Å². The van der Waals surface area contributed by atoms with Gasteiger partial charge in [-0.1, -0.05) is 35.5 Å². The van der Waals surface area contributed by atoms with Crippen LogP contribution in [-0.2, 0) is 17.8 Å². The number of carbonyl (C=O) groups excluding carboxylic acids is 1. The van der Waals surface area contributed by atoms with Crippen LogP contribution >= 0.6 is 0 Å². The van der Waals surface area contributed by atoms with Crippen molar-refractivity contribution in [3.63, 3.8) is 0 Å². The molecule has 1 saturated carbocycles. The van der Waals surface area contributed by atoms with Crippen LogP contribution in [0.15, 0.2) is 36.5 Å². The van der Waals surface area contributed by atoms with E-state index in [1.165, 1.54) is 16.4 Å². The lowest BCUT2D eigenvalue weighted by Gasteiger charge is -2.18. The molecule has 1 amide bonds. The average Bonchev–Trinajstić information content (AvgIpc) is 3.27. The van der Waals surface area contributed by atoms with E-state index in [1.54, 1.807) is 0 Å². The van der Waals surface area contributed by atoms with E-state index in [1.807, 2.05) is 18.2 Å². The zero-order valence-electron chi connectivity index (χ0n) is 12.6. The minimum absolute atomic E-state index is 0.0295. The smallest absolute Gasteiger partial charge is 0.358 e. The summed E-state index contributed by atoms with van der Waals surface area (Å²) in [5.41, 5.74) is 1.03. The van der Waals surface area contributed by atoms with Crippen LogP contribution in [0.2, 0.25) is 0 Å². The van der Waals surface area contributed by atoms with Gasteiger partial charge in [0.1, 0.15) is 6.54 Å². The fourth-order valence-corrected chi connectivity index (χ4v) is 2.58. The molecule has 1 aliphatic rings. The lowest BCUT2D eigenvalue weighted by atomic mass is 10.0. The molecule has 0 spiro atoms. The molecule has 1 unspecified atom stereocenters. The van der Waals surface area contributed by atoms with E-state index in [-0.39, 0.29) is 24.2 Å². The first-order chi connectivity index (χ1) is 11.1. The highest BCUT2D eigenvalue weighted by Crippen LogP contribution is 2.34. The molecule has 1 aromatic carbocycles. The number of hydrogen-bond donors (Lipinski definition) is 2. The van der Waals surface area contributed by atoms with Crippen molar-refractivity contribution in [3.8, 4) is 0 Å². The summed E-state index contributed by atoms with van der Waals surface area (Å²) in [5.74, 6) is -0.819. The summed E-state index contributed by atoms with van der Waals surface area (Å²) in [6.07, 6.45) is 4.31. The molecule has 1 fully saturated rings. The number of nitrogens with one attached hydrogen (secondary N) is 1. The van der Waals surface area contributed by atoms with Crippen molar-refractivity contribution in [2.45, 2.75) is 31.8 Å². The highest BCUT2D eigenvalue weighted by molar-refractivity contribution is 5.84. The number of benzene rings is 1. The summed E-state index contributed by atoms with van der Waals surface area (Å²) < 4.78 is 1.24. The van der Waals surface area contributed by atoms with Gasteiger partial charge in [-0.25, -0.2) is 9.48 Å². The average molecular weight is 314 g/mol. The normalized spacial score (nSPS) is 15.1. The fraction of sp³-hybridized carbons (Fsp3) is 0.375. The third-order valence-corrected chi connectivity index (χ3v) is 3.90. The number of hydrogen-bond acceptors (Lipinski definition) is 4. The Labute approximate surface area is 133 Å². The first kappa shape index (κ1) is 15.2. The summed E-state index contributed by atoms with van der Waals surface area (Å²) in [5, 5.41) is 19.0. The molecule has 0 aliphatic heterocycles. The quantitative estimate of drug-likeness (QED) is 0.798. The SMILES string of the molecule is O=C(Cn1cc(C(=O)O)nn1)NC(Cc1ccccc1)C1CC1. The molecule has 2 aromatic rings. The number of carboxylic acids is 1. The molecule has 0 bridgehead atoms. The van der Waals surface area contributed by atoms with Crippen molar-refractivity contribution in [3.05, 3.63) is 47.8 Å². The zero-order chi connectivity index (χ0) is 16.2. The van der Waals surface area contributed by atoms with Crippen LogP contribution < -0.4 is 5.32 Å². The minimum Gasteiger partial charge on any atom is -0.476 e. The molecular formula is C16H18N4O3. The maximum Gasteiger partial charge on any atom is 0.358 e. The van der Waals surface area contributed by atoms with Crippen molar-refractivity contribution in [1.29, 1.82) is 0 Å². The Hall–Kier alpha value is -2.70. The first-order valence-corrected chi connectivity index (χ1v) is 7.58. The Bertz CT molecular complexity index is 694. The number of aromatic carboxylic acids is 1. The van der Waals surface area contributed by atoms with Crippen molar-refractivity contribution in [2.75, 3.05) is 0 Å². The Morgan fingerprint density at radius 1 is 1.30 bits per heavy atom. The summed E-state index contributed by atoms with van der Waals surface area (Å²) in [6.45, 7) is -0.0295. The molecule has 2 N–H and O–H groups in total. The van der Waals surface area contributed by atoms with Crippen LogP contribution in [-0.4, -0.2) is 38.0 Å². The molecule has 0 saturated heterocycles. The zero-order valence-corrected chi connectivity index (χ0v) is 12.6. The Morgan fingerprint density at radius 3 is 2.65 bits per heavy atom. The number of carbonyl (C=O) groups is 2. The summed E-state index contributed by atoms with van der Waals surface area (Å²) in [6, 6.07) is 10.2. The van der Waals surface area contributed by atoms with Crippen molar-refractivity contribution in [1.82, 2.24) is 20.3 Å². The van der Waals surface area contributed by atoms with Gasteiger partial charge in [-0.2, -0.15) is 0 Å². The van der Waals surface area contributed by atoms with Crippen LogP contribution in [0.5, 0.6) is 0 Å². The van der Waals surface area contributed by atoms with Crippen molar-refractivity contribution < 1.29 is 14.7 Å². The van der Waals surface area contributed by atoms with Gasteiger partial charge >= 0.3 is 5.97 Å². The molecule has 1 heterocycles. The van der Waals surface area contributed by atoms with E-state index in [4.69, 9.17) is 5.11 Å². The topological polar surface area (TPSA) is 97.1 Å². The molecule has 3 rings (SSSR count). The highest BCUT2D eigenvalue weighted by Gasteiger charge is 2.32. The number of rotatable bonds is 7. The molecule has 0 radical (unpaired) electrons. The molecule has 7 heteroatoms. The maximum atomic E-state index is 12.2. The van der Waals surface area contributed by atoms with Gasteiger partial charge in [0.05, 0.1) is 6.20 Å². The minimum atomic E-state index is -1.16. The Morgan fingerprint density at radius 2 is 2.04 bits per heavy atom. The molecule has 1 aliphatic carbocycles. The van der Waals surface area contributed by atoms with Crippen LogP contribution in [0.25, 0.3) is 0 Å². The highest BCUT2D eigenvalue weighted by atomic mass is 16.4. The number of aromatic nitrogens is 3. The number of nitrogens with zero attached hydrogens (tertiary/aromatic N) is 3. The van der Waals surface area contributed by atoms with E-state index < -0.39 is 5.97 Å². The van der Waals surface area contributed by atoms with E-state index in [0.29, 0.717) is 5.92 Å². The molecular weight excluding hydrogens is 296 g/mol. The van der Waals surface area contributed by atoms with Gasteiger partial charge in [-0.05, 0) is 30.7 Å². The van der Waals surface area contributed by atoms with Crippen LogP contribution in [0.4, 0.5) is 0 Å². The summed E-state index contributed by atoms with van der Waals surface area (Å²) in [7, 11) is 0. The third-order valence-electron chi connectivity index (χ3n) is 3.90. The van der Waals surface area contributed by atoms with Gasteiger partial charge in [0.25, 0.3) is 0 Å². The molecule has 1 atom stereocenters. The van der Waals surface area contributed by atoms with Gasteiger partial charge in [-0.15, -0.1) is 5.10 Å². The van der Waals surface area contributed by atoms with Gasteiger partial charge in [0.15, 0.2) is 5.69 Å². The van der Waals surface area contributed by atoms with Crippen LogP contribution in [0.3, 0.4) is 0 Å². The molecule has 7 nitrogen and oxygen atoms in total. The number of carboxylic acid groups (broad SMARTS) is 1. The summed E-state index contributed by atoms with van der Waals surface area (Å²) in [4.78, 5) is 22.9. The lowest BCUT2D eigenvalue weighted by molar-refractivity contribution is -0.122. The second-order valence-electron chi connectivity index (χ2n) is 5.81. The Balaban J connectivity index is 1.58. The van der Waals surface area contributed by atoms with E-state index in [2.05, 4.69) is 27.8 Å². The second-order valence-corrected chi connectivity index (χ2v) is 5.81. The molecule has 23 heavy (non-hydrogen) atoms. The van der Waals surface area contributed by atoms with E-state index >= 15 is 0 Å². The Kier molecular flexibility index (Phi) is 4.36. The van der Waals surface area contributed by atoms with Gasteiger partial charge in [0.2, 0.25) is 5.91 Å². The third kappa shape index (κ3) is 4.15. The second kappa shape index (κ2) is 6.60. The van der Waals surface area contributed by atoms with E-state index in [9.17, 15) is 9.59 Å². The predicted octanol–water partition coefficient (Wildman–Crippen LogP) is 1.11. The van der Waals surface area contributed by atoms with Gasteiger partial charge in [-0.3, -0.25) is 4.79 Å². The fourth-order valence-electron chi connectivity index (χ4n) is 2.58. The summed E-state index contributed by atoms with van der Waals surface area (Å²) >= 11 is 0. The van der Waals surface area contributed by atoms with E-state index in [0.717, 1.165) is 19.3 Å². The predicted molar refractivity (Wildman–Crippen MR) is 81.8 cm³/mol. The van der Waals surface area contributed by atoms with Crippen LogP contribution in [0, 0.1) is 5.92 Å². The van der Waals surface area contributed by atoms with Crippen molar-refractivity contribution >= 4 is 11.9 Å². The monoisotopic (exact) mass is 314 g/mol. The molecule has 1 aromatic heterocycles. The molecule has 120 valence electrons. The maximum absolute atomic E-state index is 12.2. The largest absolute Gasteiger partial charge is 0.476 e. The van der Waals surface area contributed by atoms with Crippen LogP contribution in [0.1, 0.15) is 28.9 Å². The van der Waals surface area contributed by atoms with Crippen molar-refractivity contribution in [2.24, 2.45) is 5.92 Å². The standard InChI is InChI=1S/C16H18N4O3/c21-15(10-20-9-14(16(22)23)18-19-20)17-13(12-6-7-12)8-11-4-2-1-3-5-11/h1-5,9,12-13H,6-8,10H2,(H,17,21)(H,22,23). The van der Waals surface area contributed by atoms with Gasteiger partial charge < -0.3 is 10.4 Å². The number of amides is 1. The first-order valence-electron chi connectivity index (χ1n) is 7.58.